The van der Waals surface area contributed by atoms with E-state index in [0.717, 1.165) is 19.3 Å². The molecule has 4 heteroatoms. The van der Waals surface area contributed by atoms with Crippen LogP contribution in [0.15, 0.2) is 0 Å². The normalized spacial score (nSPS) is 40.4. The van der Waals surface area contributed by atoms with E-state index in [1.54, 1.807) is 0 Å². The minimum Gasteiger partial charge on any atom is -0.377 e. The van der Waals surface area contributed by atoms with Crippen molar-refractivity contribution >= 4 is 16.6 Å². The van der Waals surface area contributed by atoms with Gasteiger partial charge >= 0.3 is 0 Å². The quantitative estimate of drug-likeness (QED) is 0.692. The molecule has 0 radical (unpaired) electrons. The average molecular weight is 216 g/mol. The SMILES string of the molecule is CC1OCCC1S(=O)C1CCCC1=O. The summed E-state index contributed by atoms with van der Waals surface area (Å²) in [5.41, 5.74) is 0. The molecule has 80 valence electrons. The van der Waals surface area contributed by atoms with E-state index in [9.17, 15) is 9.00 Å². The maximum absolute atomic E-state index is 12.1. The molecule has 0 spiro atoms. The predicted octanol–water partition coefficient (Wildman–Crippen LogP) is 1.03. The van der Waals surface area contributed by atoms with Gasteiger partial charge in [-0.25, -0.2) is 0 Å². The highest BCUT2D eigenvalue weighted by atomic mass is 32.2. The number of rotatable bonds is 2. The molecule has 0 bridgehead atoms. The standard InChI is InChI=1S/C10H16O3S/c1-7-9(5-6-13-7)14(12)10-4-2-3-8(10)11/h7,9-10H,2-6H2,1H3. The minimum absolute atomic E-state index is 0.0595. The van der Waals surface area contributed by atoms with Gasteiger partial charge in [-0.05, 0) is 26.2 Å². The van der Waals surface area contributed by atoms with Gasteiger partial charge in [-0.1, -0.05) is 0 Å². The summed E-state index contributed by atoms with van der Waals surface area (Å²) in [4.78, 5) is 11.4. The van der Waals surface area contributed by atoms with Crippen molar-refractivity contribution in [1.29, 1.82) is 0 Å². The molecule has 0 amide bonds. The van der Waals surface area contributed by atoms with Crippen LogP contribution in [-0.2, 0) is 20.3 Å². The van der Waals surface area contributed by atoms with E-state index < -0.39 is 10.8 Å². The lowest BCUT2D eigenvalue weighted by Crippen LogP contribution is -2.33. The summed E-state index contributed by atoms with van der Waals surface area (Å²) >= 11 is 0. The van der Waals surface area contributed by atoms with Gasteiger partial charge in [-0.2, -0.15) is 0 Å². The van der Waals surface area contributed by atoms with Gasteiger partial charge in [-0.15, -0.1) is 0 Å². The van der Waals surface area contributed by atoms with Gasteiger partial charge in [0.15, 0.2) is 0 Å². The second-order valence-electron chi connectivity index (χ2n) is 4.08. The summed E-state index contributed by atoms with van der Waals surface area (Å²) in [7, 11) is -1.01. The Kier molecular flexibility index (Phi) is 3.02. The molecule has 3 nitrogen and oxygen atoms in total. The minimum atomic E-state index is -1.01. The van der Waals surface area contributed by atoms with Gasteiger partial charge in [0, 0.05) is 23.8 Å². The van der Waals surface area contributed by atoms with Crippen LogP contribution in [0.25, 0.3) is 0 Å². The van der Waals surface area contributed by atoms with E-state index in [2.05, 4.69) is 0 Å². The molecular formula is C10H16O3S. The maximum Gasteiger partial charge on any atom is 0.148 e. The van der Waals surface area contributed by atoms with Crippen LogP contribution in [-0.4, -0.2) is 33.2 Å². The van der Waals surface area contributed by atoms with Crippen molar-refractivity contribution in [2.24, 2.45) is 0 Å². The van der Waals surface area contributed by atoms with Crippen LogP contribution < -0.4 is 0 Å². The number of ether oxygens (including phenoxy) is 1. The number of carbonyl (C=O) groups excluding carboxylic acids is 1. The summed E-state index contributed by atoms with van der Waals surface area (Å²) in [6.45, 7) is 2.65. The number of ketones is 1. The molecular weight excluding hydrogens is 200 g/mol. The zero-order chi connectivity index (χ0) is 10.1. The van der Waals surface area contributed by atoms with Gasteiger partial charge in [0.25, 0.3) is 0 Å². The fraction of sp³-hybridized carbons (Fsp3) is 0.900. The lowest BCUT2D eigenvalue weighted by molar-refractivity contribution is -0.117. The van der Waals surface area contributed by atoms with Crippen LogP contribution >= 0.6 is 0 Å². The summed E-state index contributed by atoms with van der Waals surface area (Å²) in [5.74, 6) is 0.197. The Morgan fingerprint density at radius 1 is 1.43 bits per heavy atom. The smallest absolute Gasteiger partial charge is 0.148 e. The Morgan fingerprint density at radius 2 is 2.21 bits per heavy atom. The van der Waals surface area contributed by atoms with Crippen molar-refractivity contribution in [2.45, 2.75) is 49.2 Å². The highest BCUT2D eigenvalue weighted by Gasteiger charge is 2.38. The van der Waals surface area contributed by atoms with Gasteiger partial charge in [0.1, 0.15) is 5.78 Å². The topological polar surface area (TPSA) is 43.4 Å². The van der Waals surface area contributed by atoms with Gasteiger partial charge in [0.2, 0.25) is 0 Å². The van der Waals surface area contributed by atoms with Gasteiger partial charge < -0.3 is 4.74 Å². The fourth-order valence-electron chi connectivity index (χ4n) is 2.26. The van der Waals surface area contributed by atoms with E-state index in [1.807, 2.05) is 6.92 Å². The van der Waals surface area contributed by atoms with E-state index in [-0.39, 0.29) is 22.4 Å². The molecule has 14 heavy (non-hydrogen) atoms. The molecule has 4 unspecified atom stereocenters. The number of Topliss-reactive ketones (excluding diaryl/α,β-unsaturated/α-hetero) is 1. The molecule has 1 aliphatic heterocycles. The van der Waals surface area contributed by atoms with Crippen molar-refractivity contribution in [1.82, 2.24) is 0 Å². The van der Waals surface area contributed by atoms with Crippen LogP contribution in [0.3, 0.4) is 0 Å². The molecule has 0 aromatic rings. The molecule has 2 rings (SSSR count). The molecule has 0 N–H and O–H groups in total. The van der Waals surface area contributed by atoms with E-state index in [1.165, 1.54) is 0 Å². The highest BCUT2D eigenvalue weighted by Crippen LogP contribution is 2.27. The Labute approximate surface area is 86.7 Å². The lowest BCUT2D eigenvalue weighted by atomic mass is 10.2. The number of hydrogen-bond acceptors (Lipinski definition) is 3. The summed E-state index contributed by atoms with van der Waals surface area (Å²) in [6.07, 6.45) is 3.26. The molecule has 1 saturated carbocycles. The molecule has 2 aliphatic rings. The zero-order valence-electron chi connectivity index (χ0n) is 8.40. The van der Waals surface area contributed by atoms with E-state index in [4.69, 9.17) is 4.74 Å². The van der Waals surface area contributed by atoms with Crippen molar-refractivity contribution in [3.63, 3.8) is 0 Å². The number of hydrogen-bond donors (Lipinski definition) is 0. The van der Waals surface area contributed by atoms with E-state index >= 15 is 0 Å². The number of carbonyl (C=O) groups is 1. The third-order valence-electron chi connectivity index (χ3n) is 3.13. The molecule has 0 aromatic carbocycles. The van der Waals surface area contributed by atoms with Crippen LogP contribution in [0.2, 0.25) is 0 Å². The van der Waals surface area contributed by atoms with E-state index in [0.29, 0.717) is 13.0 Å². The predicted molar refractivity (Wildman–Crippen MR) is 54.6 cm³/mol. The van der Waals surface area contributed by atoms with Crippen LogP contribution in [0, 0.1) is 0 Å². The Balaban J connectivity index is 2.03. The summed E-state index contributed by atoms with van der Waals surface area (Å²) < 4.78 is 17.5. The second-order valence-corrected chi connectivity index (χ2v) is 5.91. The second kappa shape index (κ2) is 4.11. The third kappa shape index (κ3) is 1.77. The first-order valence-electron chi connectivity index (χ1n) is 5.24. The van der Waals surface area contributed by atoms with Crippen LogP contribution in [0.5, 0.6) is 0 Å². The summed E-state index contributed by atoms with van der Waals surface area (Å²) in [6, 6.07) is 0. The molecule has 0 aromatic heterocycles. The van der Waals surface area contributed by atoms with Gasteiger partial charge in [-0.3, -0.25) is 9.00 Å². The Morgan fingerprint density at radius 3 is 2.71 bits per heavy atom. The third-order valence-corrected chi connectivity index (χ3v) is 5.41. The van der Waals surface area contributed by atoms with Gasteiger partial charge in [0.05, 0.1) is 16.6 Å². The largest absolute Gasteiger partial charge is 0.377 e. The Hall–Kier alpha value is -0.220. The lowest BCUT2D eigenvalue weighted by Gasteiger charge is -2.17. The maximum atomic E-state index is 12.1. The summed E-state index contributed by atoms with van der Waals surface area (Å²) in [5, 5.41) is -0.105. The highest BCUT2D eigenvalue weighted by molar-refractivity contribution is 7.87. The first kappa shape index (κ1) is 10.3. The van der Waals surface area contributed by atoms with Crippen molar-refractivity contribution in [2.75, 3.05) is 6.61 Å². The average Bonchev–Trinajstić information content (AvgIpc) is 2.73. The van der Waals surface area contributed by atoms with Crippen LogP contribution in [0.1, 0.15) is 32.6 Å². The monoisotopic (exact) mass is 216 g/mol. The fourth-order valence-corrected chi connectivity index (χ4v) is 4.24. The Bertz CT molecular complexity index is 264. The zero-order valence-corrected chi connectivity index (χ0v) is 9.22. The van der Waals surface area contributed by atoms with Crippen molar-refractivity contribution < 1.29 is 13.7 Å². The molecule has 4 atom stereocenters. The first-order chi connectivity index (χ1) is 6.70. The first-order valence-corrected chi connectivity index (χ1v) is 6.51. The van der Waals surface area contributed by atoms with Crippen molar-refractivity contribution in [3.8, 4) is 0 Å². The molecule has 2 fully saturated rings. The molecule has 1 aliphatic carbocycles. The van der Waals surface area contributed by atoms with Crippen LogP contribution in [0.4, 0.5) is 0 Å². The van der Waals surface area contributed by atoms with Crippen molar-refractivity contribution in [3.05, 3.63) is 0 Å². The molecule has 1 saturated heterocycles. The molecule has 1 heterocycles.